The van der Waals surface area contributed by atoms with Gasteiger partial charge >= 0.3 is 0 Å². The summed E-state index contributed by atoms with van der Waals surface area (Å²) in [5, 5.41) is 3.07. The van der Waals surface area contributed by atoms with E-state index in [-0.39, 0.29) is 17.6 Å². The second-order valence-corrected chi connectivity index (χ2v) is 4.84. The van der Waals surface area contributed by atoms with Gasteiger partial charge in [0.2, 0.25) is 0 Å². The van der Waals surface area contributed by atoms with Gasteiger partial charge in [0.05, 0.1) is 14.2 Å². The van der Waals surface area contributed by atoms with E-state index in [2.05, 4.69) is 19.2 Å². The number of rotatable bonds is 7. The molecule has 0 aliphatic rings. The highest BCUT2D eigenvalue weighted by molar-refractivity contribution is 5.98. The summed E-state index contributed by atoms with van der Waals surface area (Å²) in [6.45, 7) is 4.78. The van der Waals surface area contributed by atoms with Crippen molar-refractivity contribution in [3.63, 3.8) is 0 Å². The van der Waals surface area contributed by atoms with Gasteiger partial charge in [-0.05, 0) is 31.2 Å². The molecule has 0 fully saturated rings. The number of carbonyl (C=O) groups excluding carboxylic acids is 1. The number of Topliss-reactive ketones (excluding diaryl/α,β-unsaturated/α-hetero) is 1. The highest BCUT2D eigenvalue weighted by Crippen LogP contribution is 2.29. The summed E-state index contributed by atoms with van der Waals surface area (Å²) < 4.78 is 10.4. The van der Waals surface area contributed by atoms with Crippen LogP contribution in [0, 0.1) is 11.8 Å². The Kier molecular flexibility index (Phi) is 5.83. The molecule has 0 aliphatic heterocycles. The van der Waals surface area contributed by atoms with Gasteiger partial charge in [-0.25, -0.2) is 0 Å². The highest BCUT2D eigenvalue weighted by atomic mass is 16.5. The zero-order chi connectivity index (χ0) is 14.4. The first kappa shape index (κ1) is 15.5. The van der Waals surface area contributed by atoms with Crippen LogP contribution in [0.5, 0.6) is 11.5 Å². The van der Waals surface area contributed by atoms with E-state index in [0.717, 1.165) is 0 Å². The van der Waals surface area contributed by atoms with Gasteiger partial charge in [0.15, 0.2) is 17.3 Å². The van der Waals surface area contributed by atoms with Crippen LogP contribution in [0.25, 0.3) is 0 Å². The molecular weight excluding hydrogens is 242 g/mol. The van der Waals surface area contributed by atoms with E-state index in [1.807, 2.05) is 7.05 Å². The van der Waals surface area contributed by atoms with Crippen LogP contribution < -0.4 is 14.8 Å². The largest absolute Gasteiger partial charge is 0.493 e. The van der Waals surface area contributed by atoms with Crippen molar-refractivity contribution in [1.82, 2.24) is 5.32 Å². The normalized spacial score (nSPS) is 12.3. The van der Waals surface area contributed by atoms with Gasteiger partial charge in [-0.2, -0.15) is 0 Å². The number of benzene rings is 1. The topological polar surface area (TPSA) is 47.6 Å². The highest BCUT2D eigenvalue weighted by Gasteiger charge is 2.23. The SMILES string of the molecule is CNCC(C(=O)c1ccc(OC)c(OC)c1)C(C)C. The van der Waals surface area contributed by atoms with Crippen molar-refractivity contribution < 1.29 is 14.3 Å². The second kappa shape index (κ2) is 7.14. The maximum absolute atomic E-state index is 12.5. The molecular formula is C15H23NO3. The molecule has 0 heterocycles. The van der Waals surface area contributed by atoms with Crippen LogP contribution in [-0.2, 0) is 0 Å². The van der Waals surface area contributed by atoms with E-state index < -0.39 is 0 Å². The molecule has 106 valence electrons. The van der Waals surface area contributed by atoms with E-state index in [1.54, 1.807) is 32.4 Å². The van der Waals surface area contributed by atoms with Crippen LogP contribution in [0.4, 0.5) is 0 Å². The molecule has 0 aliphatic carbocycles. The summed E-state index contributed by atoms with van der Waals surface area (Å²) >= 11 is 0. The lowest BCUT2D eigenvalue weighted by molar-refractivity contribution is 0.0885. The molecule has 0 amide bonds. The first-order valence-corrected chi connectivity index (χ1v) is 6.46. The smallest absolute Gasteiger partial charge is 0.167 e. The van der Waals surface area contributed by atoms with Crippen molar-refractivity contribution >= 4 is 5.78 Å². The third-order valence-electron chi connectivity index (χ3n) is 3.23. The molecule has 0 saturated carbocycles. The minimum absolute atomic E-state index is 0.0388. The summed E-state index contributed by atoms with van der Waals surface area (Å²) in [6.07, 6.45) is 0. The van der Waals surface area contributed by atoms with Gasteiger partial charge < -0.3 is 14.8 Å². The predicted molar refractivity (Wildman–Crippen MR) is 76.1 cm³/mol. The van der Waals surface area contributed by atoms with Crippen LogP contribution in [0.2, 0.25) is 0 Å². The number of ether oxygens (including phenoxy) is 2. The lowest BCUT2D eigenvalue weighted by atomic mass is 9.88. The van der Waals surface area contributed by atoms with Crippen LogP contribution >= 0.6 is 0 Å². The summed E-state index contributed by atoms with van der Waals surface area (Å²) in [5.41, 5.74) is 0.659. The van der Waals surface area contributed by atoms with Crippen molar-refractivity contribution in [1.29, 1.82) is 0 Å². The first-order chi connectivity index (χ1) is 9.04. The fourth-order valence-electron chi connectivity index (χ4n) is 2.05. The Bertz CT molecular complexity index is 429. The first-order valence-electron chi connectivity index (χ1n) is 6.46. The Hall–Kier alpha value is -1.55. The fraction of sp³-hybridized carbons (Fsp3) is 0.533. The molecule has 1 unspecified atom stereocenters. The standard InChI is InChI=1S/C15H23NO3/c1-10(2)12(9-16-3)15(17)11-6-7-13(18-4)14(8-11)19-5/h6-8,10,12,16H,9H2,1-5H3. The number of ketones is 1. The minimum Gasteiger partial charge on any atom is -0.493 e. The predicted octanol–water partition coefficient (Wildman–Crippen LogP) is 2.38. The molecule has 0 saturated heterocycles. The summed E-state index contributed by atoms with van der Waals surface area (Å²) in [7, 11) is 5.01. The Labute approximate surface area is 115 Å². The van der Waals surface area contributed by atoms with Crippen molar-refractivity contribution in [2.24, 2.45) is 11.8 Å². The molecule has 19 heavy (non-hydrogen) atoms. The summed E-state index contributed by atoms with van der Waals surface area (Å²) in [6, 6.07) is 5.30. The Morgan fingerprint density at radius 1 is 1.21 bits per heavy atom. The van der Waals surface area contributed by atoms with Gasteiger partial charge in [0, 0.05) is 18.0 Å². The fourth-order valence-corrected chi connectivity index (χ4v) is 2.05. The summed E-state index contributed by atoms with van der Waals surface area (Å²) in [5.74, 6) is 1.59. The maximum Gasteiger partial charge on any atom is 0.167 e. The third-order valence-corrected chi connectivity index (χ3v) is 3.23. The van der Waals surface area contributed by atoms with Crippen molar-refractivity contribution in [2.75, 3.05) is 27.8 Å². The van der Waals surface area contributed by atoms with Crippen LogP contribution in [0.3, 0.4) is 0 Å². The molecule has 0 aromatic heterocycles. The van der Waals surface area contributed by atoms with Gasteiger partial charge in [-0.15, -0.1) is 0 Å². The van der Waals surface area contributed by atoms with Crippen molar-refractivity contribution in [2.45, 2.75) is 13.8 Å². The number of hydrogen-bond acceptors (Lipinski definition) is 4. The van der Waals surface area contributed by atoms with E-state index >= 15 is 0 Å². The molecule has 0 spiro atoms. The molecule has 1 aromatic rings. The molecule has 0 bridgehead atoms. The molecule has 1 N–H and O–H groups in total. The van der Waals surface area contributed by atoms with Crippen LogP contribution in [0.1, 0.15) is 24.2 Å². The lowest BCUT2D eigenvalue weighted by Gasteiger charge is -2.19. The number of carbonyl (C=O) groups is 1. The van der Waals surface area contributed by atoms with Crippen molar-refractivity contribution in [3.8, 4) is 11.5 Å². The quantitative estimate of drug-likeness (QED) is 0.769. The minimum atomic E-state index is -0.0388. The van der Waals surface area contributed by atoms with Crippen molar-refractivity contribution in [3.05, 3.63) is 23.8 Å². The lowest BCUT2D eigenvalue weighted by Crippen LogP contribution is -2.30. The zero-order valence-electron chi connectivity index (χ0n) is 12.3. The molecule has 4 nitrogen and oxygen atoms in total. The maximum atomic E-state index is 12.5. The zero-order valence-corrected chi connectivity index (χ0v) is 12.3. The van der Waals surface area contributed by atoms with Crippen LogP contribution in [-0.4, -0.2) is 33.6 Å². The van der Waals surface area contributed by atoms with E-state index in [9.17, 15) is 4.79 Å². The Morgan fingerprint density at radius 2 is 1.84 bits per heavy atom. The van der Waals surface area contributed by atoms with Crippen LogP contribution in [0.15, 0.2) is 18.2 Å². The van der Waals surface area contributed by atoms with Gasteiger partial charge in [-0.1, -0.05) is 13.8 Å². The molecule has 4 heteroatoms. The second-order valence-electron chi connectivity index (χ2n) is 4.84. The molecule has 1 aromatic carbocycles. The molecule has 1 rings (SSSR count). The van der Waals surface area contributed by atoms with Gasteiger partial charge in [-0.3, -0.25) is 4.79 Å². The third kappa shape index (κ3) is 3.70. The van der Waals surface area contributed by atoms with E-state index in [1.165, 1.54) is 0 Å². The summed E-state index contributed by atoms with van der Waals surface area (Å²) in [4.78, 5) is 12.5. The van der Waals surface area contributed by atoms with Gasteiger partial charge in [0.1, 0.15) is 0 Å². The van der Waals surface area contributed by atoms with E-state index in [0.29, 0.717) is 23.6 Å². The van der Waals surface area contributed by atoms with Gasteiger partial charge in [0.25, 0.3) is 0 Å². The average Bonchev–Trinajstić information content (AvgIpc) is 2.42. The Morgan fingerprint density at radius 3 is 2.32 bits per heavy atom. The Balaban J connectivity index is 3.04. The number of methoxy groups -OCH3 is 2. The molecule has 0 radical (unpaired) electrons. The number of hydrogen-bond donors (Lipinski definition) is 1. The number of nitrogens with one attached hydrogen (secondary N) is 1. The average molecular weight is 265 g/mol. The monoisotopic (exact) mass is 265 g/mol. The van der Waals surface area contributed by atoms with E-state index in [4.69, 9.17) is 9.47 Å². The molecule has 1 atom stereocenters.